The van der Waals surface area contributed by atoms with Crippen LogP contribution in [0.4, 0.5) is 0 Å². The van der Waals surface area contributed by atoms with Crippen LogP contribution in [0.5, 0.6) is 0 Å². The van der Waals surface area contributed by atoms with Gasteiger partial charge in [-0.3, -0.25) is 0 Å². The average Bonchev–Trinajstić information content (AvgIpc) is 2.88. The van der Waals surface area contributed by atoms with Crippen LogP contribution < -0.4 is 5.32 Å². The Hall–Kier alpha value is 0.320. The molecule has 98 valence electrons. The smallest absolute Gasteiger partial charge is 0.0843 e. The zero-order valence-corrected chi connectivity index (χ0v) is 15.1. The second-order valence-electron chi connectivity index (χ2n) is 4.13. The van der Waals surface area contributed by atoms with E-state index in [9.17, 15) is 0 Å². The molecule has 0 fully saturated rings. The van der Waals surface area contributed by atoms with Crippen molar-refractivity contribution < 1.29 is 0 Å². The molecule has 0 aliphatic heterocycles. The van der Waals surface area contributed by atoms with Gasteiger partial charge in [-0.15, -0.1) is 22.7 Å². The van der Waals surface area contributed by atoms with Gasteiger partial charge in [0.2, 0.25) is 0 Å². The van der Waals surface area contributed by atoms with Crippen molar-refractivity contribution in [3.63, 3.8) is 0 Å². The number of thiophene rings is 2. The lowest BCUT2D eigenvalue weighted by molar-refractivity contribution is 0.611. The van der Waals surface area contributed by atoms with Crippen molar-refractivity contribution in [3.05, 3.63) is 41.1 Å². The lowest BCUT2D eigenvalue weighted by atomic mass is 10.1. The van der Waals surface area contributed by atoms with Gasteiger partial charge in [0.15, 0.2) is 0 Å². The Morgan fingerprint density at radius 1 is 1.39 bits per heavy atom. The lowest BCUT2D eigenvalue weighted by Gasteiger charge is -2.16. The van der Waals surface area contributed by atoms with Gasteiger partial charge in [-0.1, -0.05) is 6.92 Å². The van der Waals surface area contributed by atoms with Gasteiger partial charge in [0.1, 0.15) is 0 Å². The van der Waals surface area contributed by atoms with Gasteiger partial charge in [-0.05, 0) is 74.8 Å². The predicted octanol–water partition coefficient (Wildman–Crippen LogP) is 5.73. The third kappa shape index (κ3) is 3.25. The van der Waals surface area contributed by atoms with Gasteiger partial charge in [0, 0.05) is 14.2 Å². The monoisotopic (exact) mass is 407 g/mol. The molecule has 2 rings (SSSR count). The molecule has 2 aromatic rings. The van der Waals surface area contributed by atoms with E-state index in [1.165, 1.54) is 15.3 Å². The Morgan fingerprint density at radius 2 is 2.17 bits per heavy atom. The SMILES string of the molecule is CCCNC(c1cc(Br)c(Br)s1)c1sccc1C. The third-order valence-electron chi connectivity index (χ3n) is 2.71. The van der Waals surface area contributed by atoms with Crippen molar-refractivity contribution in [3.8, 4) is 0 Å². The maximum absolute atomic E-state index is 3.65. The Bertz CT molecular complexity index is 499. The highest BCUT2D eigenvalue weighted by molar-refractivity contribution is 9.13. The molecule has 0 aromatic carbocycles. The minimum atomic E-state index is 0.317. The molecule has 0 saturated carbocycles. The highest BCUT2D eigenvalue weighted by Crippen LogP contribution is 2.39. The first-order valence-corrected chi connectivity index (χ1v) is 9.13. The molecule has 1 atom stereocenters. The number of nitrogens with one attached hydrogen (secondary N) is 1. The second kappa shape index (κ2) is 6.66. The van der Waals surface area contributed by atoms with Crippen molar-refractivity contribution in [2.24, 2.45) is 0 Å². The maximum Gasteiger partial charge on any atom is 0.0843 e. The molecule has 5 heteroatoms. The van der Waals surface area contributed by atoms with E-state index in [1.807, 2.05) is 11.3 Å². The van der Waals surface area contributed by atoms with Crippen molar-refractivity contribution in [2.45, 2.75) is 26.3 Å². The normalized spacial score (nSPS) is 12.9. The Morgan fingerprint density at radius 3 is 2.67 bits per heavy atom. The van der Waals surface area contributed by atoms with Crippen LogP contribution in [-0.4, -0.2) is 6.54 Å². The predicted molar refractivity (Wildman–Crippen MR) is 88.9 cm³/mol. The molecular formula is C13H15Br2NS2. The van der Waals surface area contributed by atoms with E-state index < -0.39 is 0 Å². The molecule has 18 heavy (non-hydrogen) atoms. The molecule has 0 saturated heterocycles. The molecule has 2 aromatic heterocycles. The first-order valence-electron chi connectivity index (χ1n) is 5.85. The van der Waals surface area contributed by atoms with Gasteiger partial charge in [0.05, 0.1) is 9.83 Å². The van der Waals surface area contributed by atoms with Crippen LogP contribution in [0.15, 0.2) is 25.8 Å². The molecular weight excluding hydrogens is 394 g/mol. The van der Waals surface area contributed by atoms with Crippen LogP contribution in [0.3, 0.4) is 0 Å². The fourth-order valence-corrected chi connectivity index (χ4v) is 5.07. The zero-order valence-electron chi connectivity index (χ0n) is 10.3. The third-order valence-corrected chi connectivity index (χ3v) is 7.12. The van der Waals surface area contributed by atoms with Crippen LogP contribution in [0.1, 0.15) is 34.7 Å². The summed E-state index contributed by atoms with van der Waals surface area (Å²) in [5.74, 6) is 0. The van der Waals surface area contributed by atoms with Crippen molar-refractivity contribution in [2.75, 3.05) is 6.54 Å². The Labute approximate surface area is 133 Å². The fraction of sp³-hybridized carbons (Fsp3) is 0.385. The Kier molecular flexibility index (Phi) is 5.45. The molecule has 0 bridgehead atoms. The summed E-state index contributed by atoms with van der Waals surface area (Å²) in [6.07, 6.45) is 1.15. The topological polar surface area (TPSA) is 12.0 Å². The molecule has 1 N–H and O–H groups in total. The quantitative estimate of drug-likeness (QED) is 0.665. The van der Waals surface area contributed by atoms with Gasteiger partial charge < -0.3 is 5.32 Å². The van der Waals surface area contributed by atoms with Gasteiger partial charge in [0.25, 0.3) is 0 Å². The molecule has 0 radical (unpaired) electrons. The summed E-state index contributed by atoms with van der Waals surface area (Å²) in [5.41, 5.74) is 1.37. The van der Waals surface area contributed by atoms with Gasteiger partial charge >= 0.3 is 0 Å². The average molecular weight is 409 g/mol. The second-order valence-corrected chi connectivity index (χ2v) is 8.33. The summed E-state index contributed by atoms with van der Waals surface area (Å²) in [6.45, 7) is 5.42. The van der Waals surface area contributed by atoms with E-state index >= 15 is 0 Å². The van der Waals surface area contributed by atoms with Crippen LogP contribution in [-0.2, 0) is 0 Å². The van der Waals surface area contributed by atoms with Crippen LogP contribution in [0.2, 0.25) is 0 Å². The molecule has 1 unspecified atom stereocenters. The first-order chi connectivity index (χ1) is 8.63. The van der Waals surface area contributed by atoms with Crippen molar-refractivity contribution in [1.82, 2.24) is 5.32 Å². The lowest BCUT2D eigenvalue weighted by Crippen LogP contribution is -2.22. The first kappa shape index (κ1) is 14.7. The Balaban J connectivity index is 2.33. The van der Waals surface area contributed by atoms with E-state index in [-0.39, 0.29) is 0 Å². The van der Waals surface area contributed by atoms with Crippen LogP contribution in [0, 0.1) is 6.92 Å². The molecule has 2 heterocycles. The summed E-state index contributed by atoms with van der Waals surface area (Å²) in [6, 6.07) is 4.72. The summed E-state index contributed by atoms with van der Waals surface area (Å²) >= 11 is 10.8. The summed E-state index contributed by atoms with van der Waals surface area (Å²) in [5, 5.41) is 5.82. The number of rotatable bonds is 5. The van der Waals surface area contributed by atoms with Crippen molar-refractivity contribution >= 4 is 54.5 Å². The van der Waals surface area contributed by atoms with E-state index in [1.54, 1.807) is 11.3 Å². The summed E-state index contributed by atoms with van der Waals surface area (Å²) < 4.78 is 2.30. The number of halogens is 2. The maximum atomic E-state index is 3.65. The van der Waals surface area contributed by atoms with Crippen LogP contribution >= 0.6 is 54.5 Å². The molecule has 0 aliphatic carbocycles. The standard InChI is InChI=1S/C13H15Br2NS2/c1-3-5-16-11(12-8(2)4-6-17-12)10-7-9(14)13(15)18-10/h4,6-7,11,16H,3,5H2,1-2H3. The largest absolute Gasteiger partial charge is 0.305 e. The highest BCUT2D eigenvalue weighted by atomic mass is 79.9. The summed E-state index contributed by atoms with van der Waals surface area (Å²) in [7, 11) is 0. The van der Waals surface area contributed by atoms with E-state index in [4.69, 9.17) is 0 Å². The van der Waals surface area contributed by atoms with E-state index in [2.05, 4.69) is 68.5 Å². The molecule has 0 aliphatic rings. The zero-order chi connectivity index (χ0) is 13.1. The van der Waals surface area contributed by atoms with Crippen molar-refractivity contribution in [1.29, 1.82) is 0 Å². The van der Waals surface area contributed by atoms with Gasteiger partial charge in [-0.2, -0.15) is 0 Å². The van der Waals surface area contributed by atoms with E-state index in [0.29, 0.717) is 6.04 Å². The summed E-state index contributed by atoms with van der Waals surface area (Å²) in [4.78, 5) is 2.78. The number of aryl methyl sites for hydroxylation is 1. The highest BCUT2D eigenvalue weighted by Gasteiger charge is 2.19. The molecule has 0 spiro atoms. The van der Waals surface area contributed by atoms with E-state index in [0.717, 1.165) is 21.2 Å². The number of hydrogen-bond donors (Lipinski definition) is 1. The fourth-order valence-electron chi connectivity index (χ4n) is 1.80. The minimum absolute atomic E-state index is 0.317. The number of hydrogen-bond acceptors (Lipinski definition) is 3. The molecule has 0 amide bonds. The van der Waals surface area contributed by atoms with Gasteiger partial charge in [-0.25, -0.2) is 0 Å². The van der Waals surface area contributed by atoms with Crippen LogP contribution in [0.25, 0.3) is 0 Å². The minimum Gasteiger partial charge on any atom is -0.305 e. The molecule has 1 nitrogen and oxygen atoms in total.